The second kappa shape index (κ2) is 4.64. The fourth-order valence-electron chi connectivity index (χ4n) is 1.06. The Morgan fingerprint density at radius 3 is 2.92 bits per heavy atom. The van der Waals surface area contributed by atoms with Gasteiger partial charge in [-0.2, -0.15) is 0 Å². The predicted molar refractivity (Wildman–Crippen MR) is 51.9 cm³/mol. The van der Waals surface area contributed by atoms with Crippen LogP contribution in [0.5, 0.6) is 0 Å². The first-order valence-corrected chi connectivity index (χ1v) is 4.39. The van der Waals surface area contributed by atoms with E-state index in [4.69, 9.17) is 0 Å². The van der Waals surface area contributed by atoms with Gasteiger partial charge in [0.05, 0.1) is 6.20 Å². The van der Waals surface area contributed by atoms with Gasteiger partial charge in [0.15, 0.2) is 0 Å². The standard InChI is InChI=1S/C9H15N3O/c1-12(2)9-7-10-8(11-9)5-3-4-6-13/h6-7H,3-5H2,1-2H3,(H,10,11). The summed E-state index contributed by atoms with van der Waals surface area (Å²) in [6.07, 6.45) is 5.06. The summed E-state index contributed by atoms with van der Waals surface area (Å²) in [5.41, 5.74) is 0. The molecular weight excluding hydrogens is 166 g/mol. The monoisotopic (exact) mass is 181 g/mol. The lowest BCUT2D eigenvalue weighted by Gasteiger charge is -2.06. The molecule has 1 heterocycles. The molecule has 0 amide bonds. The number of aldehydes is 1. The third-order valence-electron chi connectivity index (χ3n) is 1.83. The van der Waals surface area contributed by atoms with Crippen molar-refractivity contribution in [1.29, 1.82) is 0 Å². The van der Waals surface area contributed by atoms with E-state index in [1.165, 1.54) is 0 Å². The van der Waals surface area contributed by atoms with Gasteiger partial charge in [0.2, 0.25) is 0 Å². The van der Waals surface area contributed by atoms with Crippen LogP contribution in [0.4, 0.5) is 5.82 Å². The fourth-order valence-corrected chi connectivity index (χ4v) is 1.06. The van der Waals surface area contributed by atoms with Crippen LogP contribution in [-0.2, 0) is 11.2 Å². The molecule has 0 unspecified atom stereocenters. The molecule has 72 valence electrons. The van der Waals surface area contributed by atoms with Crippen LogP contribution in [0.2, 0.25) is 0 Å². The number of carbonyl (C=O) groups excluding carboxylic acids is 1. The van der Waals surface area contributed by atoms with Crippen molar-refractivity contribution in [3.8, 4) is 0 Å². The number of nitrogens with zero attached hydrogens (tertiary/aromatic N) is 2. The molecule has 0 bridgehead atoms. The number of nitrogens with one attached hydrogen (secondary N) is 1. The van der Waals surface area contributed by atoms with E-state index in [1.807, 2.05) is 19.0 Å². The Morgan fingerprint density at radius 1 is 1.62 bits per heavy atom. The van der Waals surface area contributed by atoms with Crippen LogP contribution >= 0.6 is 0 Å². The third kappa shape index (κ3) is 2.89. The number of H-pyrrole nitrogens is 1. The summed E-state index contributed by atoms with van der Waals surface area (Å²) in [4.78, 5) is 19.4. The van der Waals surface area contributed by atoms with E-state index in [-0.39, 0.29) is 0 Å². The lowest BCUT2D eigenvalue weighted by Crippen LogP contribution is -2.08. The van der Waals surface area contributed by atoms with Crippen LogP contribution < -0.4 is 4.90 Å². The summed E-state index contributed by atoms with van der Waals surface area (Å²) in [6.45, 7) is 0. The first-order chi connectivity index (χ1) is 6.24. The van der Waals surface area contributed by atoms with Gasteiger partial charge in [-0.05, 0) is 6.42 Å². The molecule has 1 aromatic heterocycles. The minimum atomic E-state index is 0.609. The van der Waals surface area contributed by atoms with Gasteiger partial charge in [-0.1, -0.05) is 0 Å². The maximum atomic E-state index is 10.1. The van der Waals surface area contributed by atoms with Crippen molar-refractivity contribution < 1.29 is 4.79 Å². The van der Waals surface area contributed by atoms with E-state index in [9.17, 15) is 4.79 Å². The summed E-state index contributed by atoms with van der Waals surface area (Å²) >= 11 is 0. The average Bonchev–Trinajstić information content (AvgIpc) is 2.53. The van der Waals surface area contributed by atoms with Gasteiger partial charge in [-0.25, -0.2) is 4.98 Å². The molecule has 0 aromatic carbocycles. The molecule has 0 aliphatic rings. The quantitative estimate of drug-likeness (QED) is 0.544. The zero-order valence-electron chi connectivity index (χ0n) is 8.08. The summed E-state index contributed by atoms with van der Waals surface area (Å²) in [6, 6.07) is 0. The number of aryl methyl sites for hydroxylation is 1. The zero-order chi connectivity index (χ0) is 9.68. The zero-order valence-corrected chi connectivity index (χ0v) is 8.08. The molecule has 0 aliphatic heterocycles. The molecule has 0 fully saturated rings. The summed E-state index contributed by atoms with van der Waals surface area (Å²) in [5.74, 6) is 1.95. The minimum absolute atomic E-state index is 0.609. The summed E-state index contributed by atoms with van der Waals surface area (Å²) in [5, 5.41) is 0. The van der Waals surface area contributed by atoms with Gasteiger partial charge in [0.1, 0.15) is 17.9 Å². The van der Waals surface area contributed by atoms with E-state index in [0.717, 1.165) is 30.8 Å². The highest BCUT2D eigenvalue weighted by Gasteiger charge is 2.00. The molecule has 0 radical (unpaired) electrons. The Kier molecular flexibility index (Phi) is 3.49. The SMILES string of the molecule is CN(C)c1cnc(CCCC=O)[nH]1. The number of aromatic amines is 1. The van der Waals surface area contributed by atoms with Gasteiger partial charge >= 0.3 is 0 Å². The molecule has 0 spiro atoms. The second-order valence-corrected chi connectivity index (χ2v) is 3.17. The summed E-state index contributed by atoms with van der Waals surface area (Å²) in [7, 11) is 3.92. The van der Waals surface area contributed by atoms with Gasteiger partial charge in [0, 0.05) is 26.9 Å². The molecule has 0 saturated heterocycles. The number of anilines is 1. The van der Waals surface area contributed by atoms with Crippen LogP contribution in [0.3, 0.4) is 0 Å². The highest BCUT2D eigenvalue weighted by Crippen LogP contribution is 2.08. The van der Waals surface area contributed by atoms with Crippen molar-refractivity contribution in [2.75, 3.05) is 19.0 Å². The minimum Gasteiger partial charge on any atom is -0.363 e. The Bertz CT molecular complexity index is 268. The highest BCUT2D eigenvalue weighted by molar-refractivity contribution is 5.49. The molecule has 1 aromatic rings. The van der Waals surface area contributed by atoms with Crippen molar-refractivity contribution in [3.63, 3.8) is 0 Å². The molecule has 4 nitrogen and oxygen atoms in total. The van der Waals surface area contributed by atoms with Gasteiger partial charge in [0.25, 0.3) is 0 Å². The lowest BCUT2D eigenvalue weighted by molar-refractivity contribution is -0.107. The number of imidazole rings is 1. The number of hydrogen-bond acceptors (Lipinski definition) is 3. The van der Waals surface area contributed by atoms with Crippen LogP contribution in [0.1, 0.15) is 18.7 Å². The molecule has 0 saturated carbocycles. The van der Waals surface area contributed by atoms with E-state index in [0.29, 0.717) is 6.42 Å². The Labute approximate surface area is 78.0 Å². The van der Waals surface area contributed by atoms with Gasteiger partial charge in [-0.15, -0.1) is 0 Å². The molecule has 0 atom stereocenters. The van der Waals surface area contributed by atoms with Crippen molar-refractivity contribution in [1.82, 2.24) is 9.97 Å². The van der Waals surface area contributed by atoms with Crippen LogP contribution in [0.25, 0.3) is 0 Å². The van der Waals surface area contributed by atoms with Crippen LogP contribution in [0, 0.1) is 0 Å². The van der Waals surface area contributed by atoms with Gasteiger partial charge < -0.3 is 14.7 Å². The largest absolute Gasteiger partial charge is 0.363 e. The average molecular weight is 181 g/mol. The molecule has 13 heavy (non-hydrogen) atoms. The topological polar surface area (TPSA) is 49.0 Å². The smallest absolute Gasteiger partial charge is 0.125 e. The Balaban J connectivity index is 2.44. The number of unbranched alkanes of at least 4 members (excludes halogenated alkanes) is 1. The van der Waals surface area contributed by atoms with Crippen molar-refractivity contribution >= 4 is 12.1 Å². The number of aromatic nitrogens is 2. The van der Waals surface area contributed by atoms with E-state index in [2.05, 4.69) is 9.97 Å². The molecule has 1 N–H and O–H groups in total. The van der Waals surface area contributed by atoms with Crippen molar-refractivity contribution in [3.05, 3.63) is 12.0 Å². The maximum absolute atomic E-state index is 10.1. The van der Waals surface area contributed by atoms with Crippen LogP contribution in [-0.4, -0.2) is 30.3 Å². The third-order valence-corrected chi connectivity index (χ3v) is 1.83. The predicted octanol–water partition coefficient (Wildman–Crippen LogP) is 0.997. The van der Waals surface area contributed by atoms with E-state index < -0.39 is 0 Å². The highest BCUT2D eigenvalue weighted by atomic mass is 16.1. The lowest BCUT2D eigenvalue weighted by atomic mass is 10.2. The van der Waals surface area contributed by atoms with E-state index in [1.54, 1.807) is 6.20 Å². The Hall–Kier alpha value is -1.32. The first kappa shape index (κ1) is 9.77. The Morgan fingerprint density at radius 2 is 2.38 bits per heavy atom. The number of hydrogen-bond donors (Lipinski definition) is 1. The van der Waals surface area contributed by atoms with Crippen LogP contribution in [0.15, 0.2) is 6.20 Å². The van der Waals surface area contributed by atoms with Crippen molar-refractivity contribution in [2.24, 2.45) is 0 Å². The fraction of sp³-hybridized carbons (Fsp3) is 0.556. The molecule has 1 rings (SSSR count). The maximum Gasteiger partial charge on any atom is 0.125 e. The normalized spacial score (nSPS) is 10.0. The van der Waals surface area contributed by atoms with Gasteiger partial charge in [-0.3, -0.25) is 0 Å². The summed E-state index contributed by atoms with van der Waals surface area (Å²) < 4.78 is 0. The van der Waals surface area contributed by atoms with Crippen molar-refractivity contribution in [2.45, 2.75) is 19.3 Å². The number of rotatable bonds is 5. The second-order valence-electron chi connectivity index (χ2n) is 3.17. The molecular formula is C9H15N3O. The molecule has 4 heteroatoms. The first-order valence-electron chi connectivity index (χ1n) is 4.39. The van der Waals surface area contributed by atoms with E-state index >= 15 is 0 Å². The molecule has 0 aliphatic carbocycles. The number of carbonyl (C=O) groups is 1.